The van der Waals surface area contributed by atoms with Crippen LogP contribution in [0, 0.1) is 0 Å². The lowest BCUT2D eigenvalue weighted by Gasteiger charge is -2.11. The molecule has 0 bridgehead atoms. The second-order valence-electron chi connectivity index (χ2n) is 7.06. The van der Waals surface area contributed by atoms with E-state index in [0.29, 0.717) is 17.6 Å². The number of nitrogens with one attached hydrogen (secondary N) is 1. The number of hydrogen-bond acceptors (Lipinski definition) is 6. The van der Waals surface area contributed by atoms with Crippen LogP contribution in [0.5, 0.6) is 5.75 Å². The van der Waals surface area contributed by atoms with Crippen LogP contribution in [-0.2, 0) is 11.8 Å². The number of aromatic nitrogens is 4. The lowest BCUT2D eigenvalue weighted by atomic mass is 10.2. The molecule has 8 nitrogen and oxygen atoms in total. The quantitative estimate of drug-likeness (QED) is 0.232. The SMILES string of the molecule is CCOc1ccc(-n2c(SCC(=O)NN=Cc3cccn3C)nnc2-c2ccccc2)cc1. The van der Waals surface area contributed by atoms with E-state index >= 15 is 0 Å². The molecule has 2 heterocycles. The van der Waals surface area contributed by atoms with Crippen molar-refractivity contribution in [2.24, 2.45) is 12.1 Å². The Labute approximate surface area is 196 Å². The highest BCUT2D eigenvalue weighted by molar-refractivity contribution is 7.99. The molecule has 0 aliphatic rings. The molecule has 0 unspecified atom stereocenters. The van der Waals surface area contributed by atoms with E-state index in [2.05, 4.69) is 20.7 Å². The molecule has 0 saturated carbocycles. The van der Waals surface area contributed by atoms with Gasteiger partial charge >= 0.3 is 0 Å². The number of amides is 1. The number of aryl methyl sites for hydroxylation is 1. The average Bonchev–Trinajstić information content (AvgIpc) is 3.45. The molecular weight excluding hydrogens is 436 g/mol. The van der Waals surface area contributed by atoms with Crippen LogP contribution < -0.4 is 10.2 Å². The van der Waals surface area contributed by atoms with Crippen molar-refractivity contribution in [1.29, 1.82) is 0 Å². The monoisotopic (exact) mass is 460 g/mol. The van der Waals surface area contributed by atoms with Crippen molar-refractivity contribution < 1.29 is 9.53 Å². The number of ether oxygens (including phenoxy) is 1. The van der Waals surface area contributed by atoms with Gasteiger partial charge in [0.15, 0.2) is 11.0 Å². The second kappa shape index (κ2) is 10.6. The minimum Gasteiger partial charge on any atom is -0.494 e. The number of rotatable bonds is 9. The fourth-order valence-corrected chi connectivity index (χ4v) is 3.91. The first-order valence-electron chi connectivity index (χ1n) is 10.5. The number of benzene rings is 2. The maximum absolute atomic E-state index is 12.3. The Kier molecular flexibility index (Phi) is 7.21. The predicted molar refractivity (Wildman–Crippen MR) is 130 cm³/mol. The molecule has 0 aliphatic carbocycles. The maximum atomic E-state index is 12.3. The third kappa shape index (κ3) is 5.50. The standard InChI is InChI=1S/C24H24N6O2S/c1-3-32-21-13-11-19(12-14-21)30-23(18-8-5-4-6-9-18)27-28-24(30)33-17-22(31)26-25-16-20-10-7-15-29(20)2/h4-16H,3,17H2,1-2H3,(H,26,31). The van der Waals surface area contributed by atoms with E-state index in [-0.39, 0.29) is 11.7 Å². The molecule has 0 aliphatic heterocycles. The van der Waals surface area contributed by atoms with Crippen LogP contribution in [0.1, 0.15) is 12.6 Å². The van der Waals surface area contributed by atoms with E-state index in [1.165, 1.54) is 11.8 Å². The van der Waals surface area contributed by atoms with Crippen molar-refractivity contribution in [3.8, 4) is 22.8 Å². The van der Waals surface area contributed by atoms with Crippen molar-refractivity contribution >= 4 is 23.9 Å². The number of hydrazone groups is 1. The first-order valence-corrected chi connectivity index (χ1v) is 11.4. The van der Waals surface area contributed by atoms with E-state index in [9.17, 15) is 4.79 Å². The van der Waals surface area contributed by atoms with Gasteiger partial charge in [0.2, 0.25) is 0 Å². The zero-order chi connectivity index (χ0) is 23.0. The minimum absolute atomic E-state index is 0.147. The van der Waals surface area contributed by atoms with E-state index < -0.39 is 0 Å². The second-order valence-corrected chi connectivity index (χ2v) is 8.00. The van der Waals surface area contributed by atoms with Gasteiger partial charge in [0.25, 0.3) is 5.91 Å². The first kappa shape index (κ1) is 22.3. The largest absolute Gasteiger partial charge is 0.494 e. The lowest BCUT2D eigenvalue weighted by Crippen LogP contribution is -2.20. The first-order chi connectivity index (χ1) is 16.2. The zero-order valence-corrected chi connectivity index (χ0v) is 19.2. The van der Waals surface area contributed by atoms with Gasteiger partial charge in [0.1, 0.15) is 5.75 Å². The fourth-order valence-electron chi connectivity index (χ4n) is 3.17. The van der Waals surface area contributed by atoms with E-state index in [4.69, 9.17) is 4.74 Å². The van der Waals surface area contributed by atoms with Crippen molar-refractivity contribution in [2.75, 3.05) is 12.4 Å². The minimum atomic E-state index is -0.229. The van der Waals surface area contributed by atoms with Crippen LogP contribution >= 0.6 is 11.8 Å². The Balaban J connectivity index is 1.52. The van der Waals surface area contributed by atoms with Gasteiger partial charge < -0.3 is 9.30 Å². The normalized spacial score (nSPS) is 11.1. The molecule has 1 amide bonds. The third-order valence-electron chi connectivity index (χ3n) is 4.77. The summed E-state index contributed by atoms with van der Waals surface area (Å²) in [6.07, 6.45) is 3.52. The van der Waals surface area contributed by atoms with Gasteiger partial charge in [0.05, 0.1) is 24.3 Å². The molecule has 1 N–H and O–H groups in total. The molecule has 0 radical (unpaired) electrons. The molecule has 0 fully saturated rings. The maximum Gasteiger partial charge on any atom is 0.250 e. The Bertz CT molecular complexity index is 1230. The number of nitrogens with zero attached hydrogens (tertiary/aromatic N) is 5. The molecular formula is C24H24N6O2S. The highest BCUT2D eigenvalue weighted by Crippen LogP contribution is 2.28. The van der Waals surface area contributed by atoms with Crippen LogP contribution in [0.4, 0.5) is 0 Å². The Morgan fingerprint density at radius 3 is 2.58 bits per heavy atom. The van der Waals surface area contributed by atoms with Gasteiger partial charge in [-0.15, -0.1) is 10.2 Å². The molecule has 2 aromatic carbocycles. The molecule has 0 spiro atoms. The molecule has 168 valence electrons. The van der Waals surface area contributed by atoms with E-state index in [1.54, 1.807) is 6.21 Å². The fraction of sp³-hybridized carbons (Fsp3) is 0.167. The smallest absolute Gasteiger partial charge is 0.250 e. The van der Waals surface area contributed by atoms with Gasteiger partial charge in [-0.1, -0.05) is 42.1 Å². The highest BCUT2D eigenvalue weighted by Gasteiger charge is 2.17. The summed E-state index contributed by atoms with van der Waals surface area (Å²) >= 11 is 1.30. The molecule has 9 heteroatoms. The van der Waals surface area contributed by atoms with Crippen LogP contribution in [0.25, 0.3) is 17.1 Å². The van der Waals surface area contributed by atoms with E-state index in [1.807, 2.05) is 96.0 Å². The van der Waals surface area contributed by atoms with Crippen molar-refractivity contribution in [2.45, 2.75) is 12.1 Å². The average molecular weight is 461 g/mol. The summed E-state index contributed by atoms with van der Waals surface area (Å²) in [6, 6.07) is 21.4. The highest BCUT2D eigenvalue weighted by atomic mass is 32.2. The van der Waals surface area contributed by atoms with Crippen LogP contribution in [-0.4, -0.2) is 43.8 Å². The zero-order valence-electron chi connectivity index (χ0n) is 18.4. The van der Waals surface area contributed by atoms with Gasteiger partial charge in [-0.25, -0.2) is 5.43 Å². The molecule has 4 aromatic rings. The Morgan fingerprint density at radius 2 is 1.88 bits per heavy atom. The van der Waals surface area contributed by atoms with E-state index in [0.717, 1.165) is 22.7 Å². The van der Waals surface area contributed by atoms with Crippen LogP contribution in [0.3, 0.4) is 0 Å². The van der Waals surface area contributed by atoms with Gasteiger partial charge in [-0.3, -0.25) is 9.36 Å². The lowest BCUT2D eigenvalue weighted by molar-refractivity contribution is -0.118. The Hall–Kier alpha value is -3.85. The van der Waals surface area contributed by atoms with Crippen molar-refractivity contribution in [1.82, 2.24) is 24.8 Å². The van der Waals surface area contributed by atoms with Crippen LogP contribution in [0.15, 0.2) is 83.2 Å². The van der Waals surface area contributed by atoms with Gasteiger partial charge in [0, 0.05) is 24.5 Å². The molecule has 0 saturated heterocycles. The van der Waals surface area contributed by atoms with Crippen molar-refractivity contribution in [3.05, 3.63) is 78.6 Å². The summed E-state index contributed by atoms with van der Waals surface area (Å²) in [5, 5.41) is 13.4. The van der Waals surface area contributed by atoms with Gasteiger partial charge in [-0.05, 0) is 43.3 Å². The van der Waals surface area contributed by atoms with Crippen molar-refractivity contribution in [3.63, 3.8) is 0 Å². The number of carbonyl (C=O) groups excluding carboxylic acids is 1. The molecule has 0 atom stereocenters. The van der Waals surface area contributed by atoms with Crippen LogP contribution in [0.2, 0.25) is 0 Å². The summed E-state index contributed by atoms with van der Waals surface area (Å²) in [5.74, 6) is 1.41. The molecule has 4 rings (SSSR count). The summed E-state index contributed by atoms with van der Waals surface area (Å²) in [6.45, 7) is 2.55. The molecule has 33 heavy (non-hydrogen) atoms. The summed E-state index contributed by atoms with van der Waals surface area (Å²) < 4.78 is 9.41. The summed E-state index contributed by atoms with van der Waals surface area (Å²) in [7, 11) is 1.91. The molecule has 2 aromatic heterocycles. The Morgan fingerprint density at radius 1 is 1.09 bits per heavy atom. The third-order valence-corrected chi connectivity index (χ3v) is 5.70. The predicted octanol–water partition coefficient (Wildman–Crippen LogP) is 3.91. The number of thioether (sulfide) groups is 1. The summed E-state index contributed by atoms with van der Waals surface area (Å²) in [4.78, 5) is 12.3. The topological polar surface area (TPSA) is 86.3 Å². The summed E-state index contributed by atoms with van der Waals surface area (Å²) in [5.41, 5.74) is 5.27. The number of hydrogen-bond donors (Lipinski definition) is 1. The van der Waals surface area contributed by atoms with Gasteiger partial charge in [-0.2, -0.15) is 5.10 Å². The number of carbonyl (C=O) groups is 1.